The average molecular weight is 754 g/mol. The van der Waals surface area contributed by atoms with Crippen LogP contribution in [-0.4, -0.2) is 23.9 Å². The van der Waals surface area contributed by atoms with Crippen molar-refractivity contribution < 1.29 is 34.6 Å². The molecule has 0 atom stereocenters. The first-order chi connectivity index (χ1) is 19.0. The van der Waals surface area contributed by atoms with Crippen molar-refractivity contribution in [1.29, 1.82) is 0 Å². The Morgan fingerprint density at radius 3 is 2.39 bits per heavy atom. The van der Waals surface area contributed by atoms with Crippen molar-refractivity contribution in [2.24, 2.45) is 0 Å². The Balaban J connectivity index is 0.000000434. The Labute approximate surface area is 259 Å². The topological polar surface area (TPSA) is 54.1 Å². The molecule has 1 radical (unpaired) electrons. The number of ketones is 1. The number of hydrogen-bond acceptors (Lipinski definition) is 4. The van der Waals surface area contributed by atoms with Crippen LogP contribution >= 0.6 is 11.3 Å². The number of rotatable bonds is 3. The SMILES string of the molecule is CC(=O)/C=C(/C)O.[CH2-][n+]1c(-c2[c-]c(C)cc3c2sc2ncccc23)cc([Si](C)(C)C)c2c3ccccc3ccc21.[Ir]. The van der Waals surface area contributed by atoms with Crippen LogP contribution in [0.2, 0.25) is 19.6 Å². The first-order valence-corrected chi connectivity index (χ1v) is 17.6. The second-order valence-electron chi connectivity index (χ2n) is 11.2. The quantitative estimate of drug-likeness (QED) is 0.0498. The van der Waals surface area contributed by atoms with E-state index in [0.29, 0.717) is 0 Å². The van der Waals surface area contributed by atoms with Crippen molar-refractivity contribution >= 4 is 72.4 Å². The number of pyridine rings is 2. The molecule has 0 saturated heterocycles. The summed E-state index contributed by atoms with van der Waals surface area (Å²) in [5, 5.41) is 16.2. The molecule has 6 rings (SSSR count). The fraction of sp³-hybridized carbons (Fsp3) is 0.176. The van der Waals surface area contributed by atoms with E-state index >= 15 is 0 Å². The average Bonchev–Trinajstić information content (AvgIpc) is 3.26. The summed E-state index contributed by atoms with van der Waals surface area (Å²) < 4.78 is 3.35. The van der Waals surface area contributed by atoms with E-state index in [-0.39, 0.29) is 31.6 Å². The molecule has 0 amide bonds. The zero-order chi connectivity index (χ0) is 28.8. The molecule has 1 N–H and O–H groups in total. The van der Waals surface area contributed by atoms with Crippen LogP contribution in [0.5, 0.6) is 0 Å². The summed E-state index contributed by atoms with van der Waals surface area (Å²) in [6.07, 6.45) is 3.04. The van der Waals surface area contributed by atoms with Gasteiger partial charge in [0, 0.05) is 39.4 Å². The van der Waals surface area contributed by atoms with E-state index in [1.54, 1.807) is 11.3 Å². The van der Waals surface area contributed by atoms with Crippen LogP contribution in [0.4, 0.5) is 0 Å². The molecule has 0 spiro atoms. The van der Waals surface area contributed by atoms with Crippen molar-refractivity contribution in [2.75, 3.05) is 0 Å². The summed E-state index contributed by atoms with van der Waals surface area (Å²) in [6.45, 7) is 12.3. The summed E-state index contributed by atoms with van der Waals surface area (Å²) in [6, 6.07) is 25.7. The Kier molecular flexibility index (Phi) is 8.86. The van der Waals surface area contributed by atoms with Gasteiger partial charge in [-0.15, -0.1) is 17.7 Å². The van der Waals surface area contributed by atoms with Gasteiger partial charge in [-0.3, -0.25) is 4.79 Å². The van der Waals surface area contributed by atoms with Gasteiger partial charge in [-0.25, -0.2) is 4.98 Å². The number of benzene rings is 3. The molecular formula is C34H33IrN2O2SSi-. The number of hydrogen-bond donors (Lipinski definition) is 1. The van der Waals surface area contributed by atoms with Gasteiger partial charge in [-0.2, -0.15) is 11.3 Å². The molecule has 0 fully saturated rings. The van der Waals surface area contributed by atoms with Gasteiger partial charge in [0.2, 0.25) is 0 Å². The van der Waals surface area contributed by atoms with E-state index in [0.717, 1.165) is 21.7 Å². The van der Waals surface area contributed by atoms with E-state index < -0.39 is 8.07 Å². The molecule has 3 aromatic heterocycles. The Bertz CT molecular complexity index is 1970. The number of carbonyl (C=O) groups excluding carboxylic acids is 1. The van der Waals surface area contributed by atoms with E-state index in [1.807, 2.05) is 12.3 Å². The molecule has 3 heterocycles. The summed E-state index contributed by atoms with van der Waals surface area (Å²) in [4.78, 5) is 15.7. The first-order valence-electron chi connectivity index (χ1n) is 13.3. The van der Waals surface area contributed by atoms with Gasteiger partial charge >= 0.3 is 0 Å². The number of allylic oxidation sites excluding steroid dienone is 2. The van der Waals surface area contributed by atoms with Gasteiger partial charge in [-0.05, 0) is 58.3 Å². The van der Waals surface area contributed by atoms with E-state index in [9.17, 15) is 4.79 Å². The van der Waals surface area contributed by atoms with Gasteiger partial charge in [0.15, 0.2) is 5.78 Å². The summed E-state index contributed by atoms with van der Waals surface area (Å²) >= 11 is 1.75. The van der Waals surface area contributed by atoms with Crippen molar-refractivity contribution in [3.8, 4) is 11.3 Å². The van der Waals surface area contributed by atoms with Crippen LogP contribution in [-0.2, 0) is 24.9 Å². The number of aliphatic hydroxyl groups is 1. The van der Waals surface area contributed by atoms with Crippen molar-refractivity contribution in [2.45, 2.75) is 40.4 Å². The predicted molar refractivity (Wildman–Crippen MR) is 172 cm³/mol. The molecule has 7 heteroatoms. The number of aryl methyl sites for hydroxylation is 1. The molecule has 41 heavy (non-hydrogen) atoms. The third-order valence-electron chi connectivity index (χ3n) is 6.93. The van der Waals surface area contributed by atoms with Crippen LogP contribution in [0, 0.1) is 20.0 Å². The zero-order valence-corrected chi connectivity index (χ0v) is 28.3. The van der Waals surface area contributed by atoms with Gasteiger partial charge < -0.3 is 9.67 Å². The Hall–Kier alpha value is -3.35. The summed E-state index contributed by atoms with van der Waals surface area (Å²) in [5.41, 5.74) is 4.55. The van der Waals surface area contributed by atoms with Crippen LogP contribution in [0.1, 0.15) is 19.4 Å². The van der Waals surface area contributed by atoms with Crippen molar-refractivity contribution in [3.63, 3.8) is 0 Å². The van der Waals surface area contributed by atoms with Gasteiger partial charge in [0.1, 0.15) is 16.0 Å². The van der Waals surface area contributed by atoms with Crippen LogP contribution < -0.4 is 9.75 Å². The molecule has 0 aliphatic carbocycles. The number of aliphatic hydroxyl groups excluding tert-OH is 1. The molecule has 6 aromatic rings. The normalized spacial score (nSPS) is 11.9. The second kappa shape index (κ2) is 11.9. The number of nitrogens with zero attached hydrogens (tertiary/aromatic N) is 2. The number of aromatic nitrogens is 2. The van der Waals surface area contributed by atoms with E-state index in [1.165, 1.54) is 62.3 Å². The largest absolute Gasteiger partial charge is 0.512 e. The number of thiophene rings is 1. The fourth-order valence-corrected chi connectivity index (χ4v) is 7.96. The van der Waals surface area contributed by atoms with Crippen molar-refractivity contribution in [3.05, 3.63) is 97.4 Å². The maximum atomic E-state index is 10.0. The molecule has 0 unspecified atom stereocenters. The smallest absolute Gasteiger partial charge is 0.155 e. The zero-order valence-electron chi connectivity index (χ0n) is 24.1. The number of carbonyl (C=O) groups is 1. The fourth-order valence-electron chi connectivity index (χ4n) is 5.24. The minimum Gasteiger partial charge on any atom is -0.512 e. The Morgan fingerprint density at radius 1 is 1.02 bits per heavy atom. The van der Waals surface area contributed by atoms with E-state index in [2.05, 4.69) is 104 Å². The second-order valence-corrected chi connectivity index (χ2v) is 17.3. The van der Waals surface area contributed by atoms with Crippen LogP contribution in [0.15, 0.2) is 78.7 Å². The number of fused-ring (bicyclic) bond motifs is 6. The predicted octanol–water partition coefficient (Wildman–Crippen LogP) is 8.04. The molecule has 0 aliphatic rings. The van der Waals surface area contributed by atoms with Crippen LogP contribution in [0.3, 0.4) is 0 Å². The molecule has 3 aromatic carbocycles. The van der Waals surface area contributed by atoms with Gasteiger partial charge in [-0.1, -0.05) is 79.1 Å². The molecular weight excluding hydrogens is 721 g/mol. The maximum absolute atomic E-state index is 10.0. The summed E-state index contributed by atoms with van der Waals surface area (Å²) in [7, 11) is 2.87. The van der Waals surface area contributed by atoms with Crippen LogP contribution in [0.25, 0.3) is 53.2 Å². The maximum Gasteiger partial charge on any atom is 0.155 e. The summed E-state index contributed by atoms with van der Waals surface area (Å²) in [5.74, 6) is -0.0625. The standard InChI is InChI=1S/C29H25N2SSi.C5H8O2.Ir/c1-18-15-22-21-11-8-14-30-29(21)32-28(22)23(16-18)25-17-26(33(3,4)5)27-20-10-7-6-9-19(20)12-13-24(27)31(25)2;1-4(6)3-5(2)7;/h6-15,17H,2H2,1,3-5H3;3,6H,1-2H3;/q-1;;/b;4-3-;. The van der Waals surface area contributed by atoms with Gasteiger partial charge in [0.05, 0.1) is 13.8 Å². The molecule has 211 valence electrons. The monoisotopic (exact) mass is 754 g/mol. The third kappa shape index (κ3) is 6.00. The Morgan fingerprint density at radius 2 is 1.73 bits per heavy atom. The van der Waals surface area contributed by atoms with Gasteiger partial charge in [0.25, 0.3) is 0 Å². The minimum atomic E-state index is -1.68. The molecule has 4 nitrogen and oxygen atoms in total. The first kappa shape index (κ1) is 30.6. The molecule has 0 saturated carbocycles. The minimum absolute atomic E-state index is 0. The van der Waals surface area contributed by atoms with E-state index in [4.69, 9.17) is 5.11 Å². The molecule has 0 aliphatic heterocycles. The third-order valence-corrected chi connectivity index (χ3v) is 10.1. The molecule has 0 bridgehead atoms. The van der Waals surface area contributed by atoms with Crippen molar-refractivity contribution in [1.82, 2.24) is 4.98 Å².